The van der Waals surface area contributed by atoms with Gasteiger partial charge in [0.1, 0.15) is 0 Å². The summed E-state index contributed by atoms with van der Waals surface area (Å²) in [7, 11) is 0. The zero-order chi connectivity index (χ0) is 13.7. The van der Waals surface area contributed by atoms with Crippen molar-refractivity contribution >= 4 is 16.9 Å². The van der Waals surface area contributed by atoms with Crippen LogP contribution in [0.25, 0.3) is 0 Å². The molecule has 0 heterocycles. The molecule has 0 saturated carbocycles. The molecule has 0 aliphatic rings. The predicted octanol–water partition coefficient (Wildman–Crippen LogP) is 4.56. The molecule has 0 bridgehead atoms. The lowest BCUT2D eigenvalue weighted by molar-refractivity contribution is -0.111. The first-order valence-electron chi connectivity index (χ1n) is 6.44. The summed E-state index contributed by atoms with van der Waals surface area (Å²) in [6.07, 6.45) is 0. The van der Waals surface area contributed by atoms with Gasteiger partial charge in [0.05, 0.1) is 5.92 Å². The van der Waals surface area contributed by atoms with Crippen molar-refractivity contribution in [2.24, 2.45) is 0 Å². The van der Waals surface area contributed by atoms with Crippen LogP contribution in [-0.4, -0.2) is 5.12 Å². The van der Waals surface area contributed by atoms with Crippen molar-refractivity contribution in [3.05, 3.63) is 71.3 Å². The molecule has 0 spiro atoms. The Kier molecular flexibility index (Phi) is 4.80. The molecule has 19 heavy (non-hydrogen) atoms. The van der Waals surface area contributed by atoms with Crippen LogP contribution in [0.3, 0.4) is 0 Å². The molecule has 0 N–H and O–H groups in total. The maximum atomic E-state index is 12.2. The average molecular weight is 270 g/mol. The van der Waals surface area contributed by atoms with Gasteiger partial charge in [0.2, 0.25) is 0 Å². The summed E-state index contributed by atoms with van der Waals surface area (Å²) >= 11 is 1.40. The minimum absolute atomic E-state index is 0.0476. The maximum Gasteiger partial charge on any atom is 0.196 e. The summed E-state index contributed by atoms with van der Waals surface area (Å²) in [6.45, 7) is 4.03. The van der Waals surface area contributed by atoms with Crippen LogP contribution in [0.5, 0.6) is 0 Å². The fourth-order valence-electron chi connectivity index (χ4n) is 1.93. The van der Waals surface area contributed by atoms with Gasteiger partial charge in [-0.15, -0.1) is 0 Å². The average Bonchev–Trinajstić information content (AvgIpc) is 2.45. The van der Waals surface area contributed by atoms with Crippen LogP contribution in [0, 0.1) is 6.92 Å². The molecular weight excluding hydrogens is 252 g/mol. The topological polar surface area (TPSA) is 17.1 Å². The van der Waals surface area contributed by atoms with Crippen LogP contribution >= 0.6 is 11.8 Å². The van der Waals surface area contributed by atoms with Crippen molar-refractivity contribution in [3.8, 4) is 0 Å². The normalized spacial score (nSPS) is 12.1. The van der Waals surface area contributed by atoms with Crippen LogP contribution in [0.4, 0.5) is 0 Å². The molecule has 1 atom stereocenters. The number of benzene rings is 2. The Hall–Kier alpha value is -1.54. The van der Waals surface area contributed by atoms with E-state index in [0.717, 1.165) is 11.3 Å². The molecule has 98 valence electrons. The van der Waals surface area contributed by atoms with Gasteiger partial charge in [0.15, 0.2) is 5.12 Å². The van der Waals surface area contributed by atoms with E-state index in [0.29, 0.717) is 0 Å². The lowest BCUT2D eigenvalue weighted by Crippen LogP contribution is -2.05. The first-order valence-corrected chi connectivity index (χ1v) is 7.42. The summed E-state index contributed by atoms with van der Waals surface area (Å²) in [5.74, 6) is 0.698. The fourth-order valence-corrected chi connectivity index (χ4v) is 2.82. The number of thioether (sulfide) groups is 1. The second kappa shape index (κ2) is 6.58. The molecule has 2 heteroatoms. The predicted molar refractivity (Wildman–Crippen MR) is 82.3 cm³/mol. The zero-order valence-electron chi connectivity index (χ0n) is 11.3. The monoisotopic (exact) mass is 270 g/mol. The van der Waals surface area contributed by atoms with E-state index in [4.69, 9.17) is 0 Å². The number of aryl methyl sites for hydroxylation is 1. The van der Waals surface area contributed by atoms with Crippen molar-refractivity contribution < 1.29 is 4.79 Å². The Labute approximate surface area is 119 Å². The van der Waals surface area contributed by atoms with E-state index in [-0.39, 0.29) is 11.0 Å². The highest BCUT2D eigenvalue weighted by Gasteiger charge is 2.15. The van der Waals surface area contributed by atoms with Crippen molar-refractivity contribution in [2.45, 2.75) is 25.5 Å². The molecule has 0 amide bonds. The smallest absolute Gasteiger partial charge is 0.196 e. The van der Waals surface area contributed by atoms with E-state index in [1.165, 1.54) is 22.9 Å². The van der Waals surface area contributed by atoms with Crippen molar-refractivity contribution in [1.82, 2.24) is 0 Å². The van der Waals surface area contributed by atoms with E-state index in [1.54, 1.807) is 0 Å². The van der Waals surface area contributed by atoms with Gasteiger partial charge in [-0.3, -0.25) is 4.79 Å². The number of carbonyl (C=O) groups is 1. The van der Waals surface area contributed by atoms with Gasteiger partial charge >= 0.3 is 0 Å². The molecule has 0 fully saturated rings. The summed E-state index contributed by atoms with van der Waals surface area (Å²) in [4.78, 5) is 12.2. The van der Waals surface area contributed by atoms with E-state index in [1.807, 2.05) is 37.3 Å². The van der Waals surface area contributed by atoms with Gasteiger partial charge in [-0.25, -0.2) is 0 Å². The molecule has 0 radical (unpaired) electrons. The standard InChI is InChI=1S/C17H18OS/c1-13-7-6-10-16(11-13)14(2)17(18)19-12-15-8-4-3-5-9-15/h3-11,14H,12H2,1-2H3/t14-/m1/s1. The van der Waals surface area contributed by atoms with Crippen LogP contribution in [0.2, 0.25) is 0 Å². The minimum Gasteiger partial charge on any atom is -0.287 e. The third-order valence-electron chi connectivity index (χ3n) is 3.12. The highest BCUT2D eigenvalue weighted by Crippen LogP contribution is 2.25. The molecule has 0 saturated heterocycles. The third kappa shape index (κ3) is 3.97. The van der Waals surface area contributed by atoms with Crippen molar-refractivity contribution in [3.63, 3.8) is 0 Å². The van der Waals surface area contributed by atoms with Crippen molar-refractivity contribution in [2.75, 3.05) is 0 Å². The number of hydrogen-bond acceptors (Lipinski definition) is 2. The van der Waals surface area contributed by atoms with E-state index in [9.17, 15) is 4.79 Å². The molecule has 0 unspecified atom stereocenters. The van der Waals surface area contributed by atoms with Crippen molar-refractivity contribution in [1.29, 1.82) is 0 Å². The van der Waals surface area contributed by atoms with Crippen LogP contribution in [0.1, 0.15) is 29.5 Å². The first kappa shape index (κ1) is 13.9. The fraction of sp³-hybridized carbons (Fsp3) is 0.235. The van der Waals surface area contributed by atoms with E-state index < -0.39 is 0 Å². The molecule has 0 aliphatic heterocycles. The Morgan fingerprint density at radius 3 is 2.53 bits per heavy atom. The Balaban J connectivity index is 1.96. The third-order valence-corrected chi connectivity index (χ3v) is 4.24. The van der Waals surface area contributed by atoms with Gasteiger partial charge in [0, 0.05) is 5.75 Å². The number of hydrogen-bond donors (Lipinski definition) is 0. The zero-order valence-corrected chi connectivity index (χ0v) is 12.1. The Morgan fingerprint density at radius 2 is 1.84 bits per heavy atom. The second-order valence-corrected chi connectivity index (χ2v) is 5.71. The SMILES string of the molecule is Cc1cccc([C@@H](C)C(=O)SCc2ccccc2)c1. The quantitative estimate of drug-likeness (QED) is 0.810. The van der Waals surface area contributed by atoms with Gasteiger partial charge in [-0.2, -0.15) is 0 Å². The van der Waals surface area contributed by atoms with Gasteiger partial charge in [-0.05, 0) is 18.1 Å². The van der Waals surface area contributed by atoms with Crippen LogP contribution < -0.4 is 0 Å². The largest absolute Gasteiger partial charge is 0.287 e. The van der Waals surface area contributed by atoms with Crippen LogP contribution in [-0.2, 0) is 10.5 Å². The van der Waals surface area contributed by atoms with Gasteiger partial charge in [0.25, 0.3) is 0 Å². The highest BCUT2D eigenvalue weighted by molar-refractivity contribution is 8.13. The Bertz CT molecular complexity index is 548. The molecule has 2 aromatic carbocycles. The lowest BCUT2D eigenvalue weighted by atomic mass is 10.0. The van der Waals surface area contributed by atoms with Crippen LogP contribution in [0.15, 0.2) is 54.6 Å². The van der Waals surface area contributed by atoms with Gasteiger partial charge in [-0.1, -0.05) is 78.8 Å². The molecule has 2 aromatic rings. The molecular formula is C17H18OS. The Morgan fingerprint density at radius 1 is 1.11 bits per heavy atom. The molecule has 0 aromatic heterocycles. The number of rotatable bonds is 4. The summed E-state index contributed by atoms with van der Waals surface area (Å²) in [5, 5.41) is 0.231. The molecule has 1 nitrogen and oxygen atoms in total. The molecule has 2 rings (SSSR count). The molecule has 0 aliphatic carbocycles. The number of carbonyl (C=O) groups excluding carboxylic acids is 1. The van der Waals surface area contributed by atoms with E-state index in [2.05, 4.69) is 31.2 Å². The summed E-state index contributed by atoms with van der Waals surface area (Å²) in [6, 6.07) is 18.3. The second-order valence-electron chi connectivity index (χ2n) is 4.73. The lowest BCUT2D eigenvalue weighted by Gasteiger charge is -2.11. The highest BCUT2D eigenvalue weighted by atomic mass is 32.2. The summed E-state index contributed by atoms with van der Waals surface area (Å²) < 4.78 is 0. The minimum atomic E-state index is -0.0476. The maximum absolute atomic E-state index is 12.2. The van der Waals surface area contributed by atoms with E-state index >= 15 is 0 Å². The van der Waals surface area contributed by atoms with Gasteiger partial charge < -0.3 is 0 Å². The first-order chi connectivity index (χ1) is 9.16. The summed E-state index contributed by atoms with van der Waals surface area (Å²) in [5.41, 5.74) is 3.49.